The number of morpholine rings is 1. The van der Waals surface area contributed by atoms with Crippen LogP contribution in [0.2, 0.25) is 0 Å². The molecule has 4 aliphatic heterocycles. The minimum atomic E-state index is -0.502. The summed E-state index contributed by atoms with van der Waals surface area (Å²) in [7, 11) is 1.55. The van der Waals surface area contributed by atoms with Crippen molar-refractivity contribution < 1.29 is 18.7 Å². The van der Waals surface area contributed by atoms with E-state index in [1.807, 2.05) is 51.1 Å². The third kappa shape index (κ3) is 5.96. The highest BCUT2D eigenvalue weighted by atomic mass is 16.5. The summed E-state index contributed by atoms with van der Waals surface area (Å²) in [6, 6.07) is 13.3. The fourth-order valence-corrected chi connectivity index (χ4v) is 7.15. The Morgan fingerprint density at radius 3 is 2.43 bits per heavy atom. The first-order valence-corrected chi connectivity index (χ1v) is 16.2. The van der Waals surface area contributed by atoms with Gasteiger partial charge in [0.25, 0.3) is 0 Å². The molecule has 3 fully saturated rings. The number of carbonyl (C=O) groups excluding carboxylic acids is 2. The van der Waals surface area contributed by atoms with Gasteiger partial charge in [0, 0.05) is 68.8 Å². The van der Waals surface area contributed by atoms with E-state index in [4.69, 9.17) is 20.3 Å². The fourth-order valence-electron chi connectivity index (χ4n) is 7.15. The molecule has 47 heavy (non-hydrogen) atoms. The zero-order chi connectivity index (χ0) is 32.7. The van der Waals surface area contributed by atoms with Crippen LogP contribution in [0.4, 0.5) is 11.4 Å². The van der Waals surface area contributed by atoms with Crippen molar-refractivity contribution in [2.45, 2.75) is 19.3 Å². The summed E-state index contributed by atoms with van der Waals surface area (Å²) < 4.78 is 11.8. The van der Waals surface area contributed by atoms with E-state index >= 15 is 0 Å². The van der Waals surface area contributed by atoms with Crippen molar-refractivity contribution in [1.29, 1.82) is 5.41 Å². The Kier molecular flexibility index (Phi) is 8.18. The first kappa shape index (κ1) is 30.9. The predicted molar refractivity (Wildman–Crippen MR) is 177 cm³/mol. The highest BCUT2D eigenvalue weighted by Gasteiger charge is 2.51. The second-order valence-electron chi connectivity index (χ2n) is 12.9. The second-order valence-corrected chi connectivity index (χ2v) is 12.9. The molecule has 7 rings (SSSR count). The first-order chi connectivity index (χ1) is 22.7. The van der Waals surface area contributed by atoms with Crippen LogP contribution in [-0.2, 0) is 21.4 Å². The summed E-state index contributed by atoms with van der Waals surface area (Å²) in [5.41, 5.74) is 10.7. The highest BCUT2D eigenvalue weighted by molar-refractivity contribution is 6.05. The first-order valence-electron chi connectivity index (χ1n) is 16.2. The molecule has 1 atom stereocenters. The number of amides is 2. The van der Waals surface area contributed by atoms with Gasteiger partial charge in [0.15, 0.2) is 0 Å². The van der Waals surface area contributed by atoms with Crippen LogP contribution in [0.5, 0.6) is 0 Å². The van der Waals surface area contributed by atoms with Crippen LogP contribution in [0.3, 0.4) is 0 Å². The Bertz CT molecular complexity index is 1790. The van der Waals surface area contributed by atoms with E-state index in [1.54, 1.807) is 13.1 Å². The minimum absolute atomic E-state index is 0.0741. The number of nitrogens with zero attached hydrogens (tertiary/aromatic N) is 6. The summed E-state index contributed by atoms with van der Waals surface area (Å²) in [6.07, 6.45) is 4.30. The number of benzene rings is 2. The van der Waals surface area contributed by atoms with Crippen molar-refractivity contribution >= 4 is 34.6 Å². The molecule has 2 amide bonds. The number of hydrogen-bond acceptors (Lipinski definition) is 9. The summed E-state index contributed by atoms with van der Waals surface area (Å²) in [5, 5.41) is 12.8. The maximum absolute atomic E-state index is 13.9. The number of aryl methyl sites for hydroxylation is 1. The zero-order valence-electron chi connectivity index (χ0n) is 26.6. The number of rotatable bonds is 6. The number of ether oxygens (including phenoxy) is 1. The summed E-state index contributed by atoms with van der Waals surface area (Å²) in [5.74, 6) is 0.302. The van der Waals surface area contributed by atoms with E-state index in [-0.39, 0.29) is 17.7 Å². The van der Waals surface area contributed by atoms with Crippen LogP contribution in [0.1, 0.15) is 30.4 Å². The molecule has 0 aliphatic carbocycles. The molecule has 1 aromatic heterocycles. The molecule has 0 radical (unpaired) electrons. The second kappa shape index (κ2) is 12.5. The fraction of sp³-hybridized carbons (Fsp3) is 0.441. The maximum atomic E-state index is 13.9. The van der Waals surface area contributed by atoms with E-state index < -0.39 is 11.2 Å². The van der Waals surface area contributed by atoms with E-state index in [2.05, 4.69) is 16.1 Å². The average Bonchev–Trinajstić information content (AvgIpc) is 3.77. The van der Waals surface area contributed by atoms with Gasteiger partial charge in [-0.15, -0.1) is 5.10 Å². The molecule has 1 spiro atoms. The van der Waals surface area contributed by atoms with Gasteiger partial charge in [0.05, 0.1) is 25.2 Å². The topological polar surface area (TPSA) is 154 Å². The van der Waals surface area contributed by atoms with Crippen molar-refractivity contribution in [1.82, 2.24) is 24.5 Å². The summed E-state index contributed by atoms with van der Waals surface area (Å²) >= 11 is 0. The lowest BCUT2D eigenvalue weighted by molar-refractivity contribution is -0.132. The van der Waals surface area contributed by atoms with E-state index in [0.717, 1.165) is 36.1 Å². The lowest BCUT2D eigenvalue weighted by Crippen LogP contribution is -2.43. The van der Waals surface area contributed by atoms with Crippen LogP contribution in [0, 0.1) is 10.8 Å². The third-order valence-electron chi connectivity index (χ3n) is 9.99. The number of likely N-dealkylation sites (tertiary alicyclic amines) is 1. The SMILES string of the molecule is Cn1nc(-c2ccc(C3=CCN(C(=O)CN4CC[C@]5(CCN(c6ccc(N)c(C(=N)N7CCOCC7)c6)C5=O)C4)CC3)cc2)oc1=O. The molecule has 4 aliphatic rings. The third-order valence-corrected chi connectivity index (χ3v) is 9.99. The van der Waals surface area contributed by atoms with E-state index in [9.17, 15) is 14.4 Å². The number of aromatic nitrogens is 2. The molecule has 0 unspecified atom stereocenters. The molecule has 5 heterocycles. The number of carbonyl (C=O) groups is 2. The van der Waals surface area contributed by atoms with Gasteiger partial charge < -0.3 is 29.6 Å². The van der Waals surface area contributed by atoms with Crippen molar-refractivity contribution in [3.63, 3.8) is 0 Å². The molecule has 0 bridgehead atoms. The molecule has 2 aromatic carbocycles. The quantitative estimate of drug-likeness (QED) is 0.234. The van der Waals surface area contributed by atoms with E-state index in [1.165, 1.54) is 10.3 Å². The number of anilines is 2. The lowest BCUT2D eigenvalue weighted by Gasteiger charge is -2.30. The number of hydrogen-bond donors (Lipinski definition) is 2. The largest absolute Gasteiger partial charge is 0.437 e. The van der Waals surface area contributed by atoms with Crippen molar-refractivity contribution in [3.05, 3.63) is 70.2 Å². The predicted octanol–water partition coefficient (Wildman–Crippen LogP) is 2.02. The van der Waals surface area contributed by atoms with Gasteiger partial charge in [0.1, 0.15) is 5.84 Å². The number of nitrogens with one attached hydrogen (secondary N) is 1. The standard InChI is InChI=1S/C34H40N8O5/c1-38-33(45)47-31(37-38)25-4-2-23(3-5-25)24-8-12-40(13-9-24)29(43)21-39-14-10-34(22-39)11-15-42(32(34)44)26-6-7-28(35)27(20-26)30(36)41-16-18-46-19-17-41/h2-8,20,36H,9-19,21-22,35H2,1H3/t34-/m0/s1. The normalized spacial score (nSPS) is 21.9. The van der Waals surface area contributed by atoms with Gasteiger partial charge >= 0.3 is 5.76 Å². The molecule has 13 heteroatoms. The van der Waals surface area contributed by atoms with Crippen LogP contribution in [0.15, 0.2) is 57.8 Å². The maximum Gasteiger partial charge on any atom is 0.437 e. The van der Waals surface area contributed by atoms with Gasteiger partial charge in [-0.25, -0.2) is 4.79 Å². The van der Waals surface area contributed by atoms with E-state index in [0.29, 0.717) is 82.7 Å². The summed E-state index contributed by atoms with van der Waals surface area (Å²) in [6.45, 7) is 5.78. The molecule has 3 aromatic rings. The average molecular weight is 641 g/mol. The summed E-state index contributed by atoms with van der Waals surface area (Å²) in [4.78, 5) is 46.6. The van der Waals surface area contributed by atoms with Crippen LogP contribution in [-0.4, -0.2) is 108 Å². The van der Waals surface area contributed by atoms with Gasteiger partial charge in [-0.2, -0.15) is 4.68 Å². The number of amidine groups is 1. The molecule has 13 nitrogen and oxygen atoms in total. The Morgan fingerprint density at radius 2 is 1.72 bits per heavy atom. The zero-order valence-corrected chi connectivity index (χ0v) is 26.6. The van der Waals surface area contributed by atoms with Crippen LogP contribution >= 0.6 is 0 Å². The van der Waals surface area contributed by atoms with Crippen molar-refractivity contribution in [3.8, 4) is 11.5 Å². The van der Waals surface area contributed by atoms with Gasteiger partial charge in [-0.3, -0.25) is 19.9 Å². The Morgan fingerprint density at radius 1 is 0.979 bits per heavy atom. The monoisotopic (exact) mass is 640 g/mol. The lowest BCUT2D eigenvalue weighted by atomic mass is 9.85. The van der Waals surface area contributed by atoms with Crippen LogP contribution < -0.4 is 16.4 Å². The molecule has 0 saturated carbocycles. The van der Waals surface area contributed by atoms with Crippen LogP contribution in [0.25, 0.3) is 17.0 Å². The Hall–Kier alpha value is -4.75. The van der Waals surface area contributed by atoms with Gasteiger partial charge in [-0.05, 0) is 67.3 Å². The molecule has 3 N–H and O–H groups in total. The number of nitrogen functional groups attached to an aromatic ring is 1. The van der Waals surface area contributed by atoms with Crippen molar-refractivity contribution in [2.75, 3.05) is 76.2 Å². The molecular formula is C34H40N8O5. The minimum Gasteiger partial charge on any atom is -0.398 e. The Labute approximate surface area is 272 Å². The van der Waals surface area contributed by atoms with Gasteiger partial charge in [0.2, 0.25) is 17.7 Å². The number of nitrogens with two attached hydrogens (primary N) is 1. The molecule has 3 saturated heterocycles. The highest BCUT2D eigenvalue weighted by Crippen LogP contribution is 2.43. The van der Waals surface area contributed by atoms with Crippen molar-refractivity contribution in [2.24, 2.45) is 12.5 Å². The molecule has 246 valence electrons. The van der Waals surface area contributed by atoms with Gasteiger partial charge in [-0.1, -0.05) is 18.2 Å². The Balaban J connectivity index is 0.946. The smallest absolute Gasteiger partial charge is 0.398 e. The molecular weight excluding hydrogens is 600 g/mol.